The summed E-state index contributed by atoms with van der Waals surface area (Å²) >= 11 is 0. The Balaban J connectivity index is 1.44. The van der Waals surface area contributed by atoms with E-state index in [2.05, 4.69) is 39.6 Å². The molecule has 5 nitrogen and oxygen atoms in total. The molecule has 1 unspecified atom stereocenters. The van der Waals surface area contributed by atoms with Gasteiger partial charge in [-0.25, -0.2) is 0 Å². The van der Waals surface area contributed by atoms with E-state index >= 15 is 0 Å². The number of hydrogen-bond donors (Lipinski definition) is 0. The molecule has 0 spiro atoms. The Bertz CT molecular complexity index is 760. The van der Waals surface area contributed by atoms with Crippen LogP contribution in [0.25, 0.3) is 0 Å². The molecule has 5 heteroatoms. The second-order valence-electron chi connectivity index (χ2n) is 10.4. The molecule has 1 aliphatic heterocycles. The molecular weight excluding hydrogens is 378 g/mol. The van der Waals surface area contributed by atoms with Crippen LogP contribution in [0.4, 0.5) is 0 Å². The van der Waals surface area contributed by atoms with Gasteiger partial charge in [0.2, 0.25) is 0 Å². The highest BCUT2D eigenvalue weighted by Gasteiger charge is 2.53. The lowest BCUT2D eigenvalue weighted by atomic mass is 9.82. The molecule has 1 aliphatic carbocycles. The minimum Gasteiger partial charge on any atom is -0.465 e. The normalized spacial score (nSPS) is 28.1. The summed E-state index contributed by atoms with van der Waals surface area (Å²) in [6.07, 6.45) is 4.17. The highest BCUT2D eigenvalue weighted by atomic mass is 16.5. The zero-order valence-corrected chi connectivity index (χ0v) is 19.4. The first kappa shape index (κ1) is 22.8. The summed E-state index contributed by atoms with van der Waals surface area (Å²) in [5.41, 5.74) is 0.919. The quantitative estimate of drug-likeness (QED) is 0.513. The molecule has 0 aromatic heterocycles. The van der Waals surface area contributed by atoms with Crippen molar-refractivity contribution < 1.29 is 19.1 Å². The maximum Gasteiger partial charge on any atom is 0.314 e. The summed E-state index contributed by atoms with van der Waals surface area (Å²) in [6.45, 7) is 11.1. The first-order valence-corrected chi connectivity index (χ1v) is 11.2. The second-order valence-corrected chi connectivity index (χ2v) is 10.4. The van der Waals surface area contributed by atoms with Gasteiger partial charge in [-0.05, 0) is 91.8 Å². The van der Waals surface area contributed by atoms with Crippen LogP contribution in [0.2, 0.25) is 0 Å². The van der Waals surface area contributed by atoms with Gasteiger partial charge >= 0.3 is 11.9 Å². The minimum absolute atomic E-state index is 0.0109. The molecule has 166 valence electrons. The number of nitrogens with zero attached hydrogens (tertiary/aromatic N) is 1. The second kappa shape index (κ2) is 8.70. The molecular formula is C25H37NO4. The maximum atomic E-state index is 12.8. The van der Waals surface area contributed by atoms with E-state index in [1.165, 1.54) is 0 Å². The largest absolute Gasteiger partial charge is 0.465 e. The average Bonchev–Trinajstić information content (AvgIpc) is 2.87. The molecule has 2 aliphatic rings. The summed E-state index contributed by atoms with van der Waals surface area (Å²) in [6, 6.07) is 7.56. The molecule has 0 amide bonds. The van der Waals surface area contributed by atoms with Crippen LogP contribution in [0.1, 0.15) is 65.4 Å². The molecule has 1 aromatic rings. The van der Waals surface area contributed by atoms with Crippen LogP contribution in [0, 0.1) is 24.7 Å². The summed E-state index contributed by atoms with van der Waals surface area (Å²) in [7, 11) is 2.09. The van der Waals surface area contributed by atoms with Gasteiger partial charge in [0.25, 0.3) is 0 Å². The van der Waals surface area contributed by atoms with Crippen LogP contribution >= 0.6 is 0 Å². The van der Waals surface area contributed by atoms with E-state index in [9.17, 15) is 9.59 Å². The molecule has 1 heterocycles. The molecule has 2 fully saturated rings. The van der Waals surface area contributed by atoms with E-state index in [-0.39, 0.29) is 34.9 Å². The zero-order valence-electron chi connectivity index (χ0n) is 19.4. The Kier molecular flexibility index (Phi) is 6.61. The van der Waals surface area contributed by atoms with Crippen molar-refractivity contribution >= 4 is 11.9 Å². The fraction of sp³-hybridized carbons (Fsp3) is 0.680. The van der Waals surface area contributed by atoms with E-state index in [1.54, 1.807) is 0 Å². The van der Waals surface area contributed by atoms with Crippen molar-refractivity contribution in [2.24, 2.45) is 17.8 Å². The molecule has 3 rings (SSSR count). The molecule has 1 atom stereocenters. The summed E-state index contributed by atoms with van der Waals surface area (Å²) in [5, 5.41) is 0. The summed E-state index contributed by atoms with van der Waals surface area (Å²) < 4.78 is 11.3. The van der Waals surface area contributed by atoms with Crippen LogP contribution in [-0.4, -0.2) is 41.6 Å². The Morgan fingerprint density at radius 2 is 1.60 bits per heavy atom. The Morgan fingerprint density at radius 3 is 2.13 bits per heavy atom. The van der Waals surface area contributed by atoms with Crippen molar-refractivity contribution in [1.82, 2.24) is 4.90 Å². The SMILES string of the molecule is Cc1ccc(OC(=O)C2CCC(COC(=O)C3CC(C)(C)N(C)C3(C)C)CC2)cc1. The number of ether oxygens (including phenoxy) is 2. The fourth-order valence-corrected chi connectivity index (χ4v) is 4.94. The molecule has 0 radical (unpaired) electrons. The van der Waals surface area contributed by atoms with E-state index < -0.39 is 0 Å². The van der Waals surface area contributed by atoms with Gasteiger partial charge in [0.1, 0.15) is 5.75 Å². The lowest BCUT2D eigenvalue weighted by Gasteiger charge is -2.38. The number of likely N-dealkylation sites (tertiary alicyclic amines) is 1. The Labute approximate surface area is 181 Å². The van der Waals surface area contributed by atoms with E-state index in [0.717, 1.165) is 37.7 Å². The summed E-state index contributed by atoms with van der Waals surface area (Å²) in [4.78, 5) is 27.6. The lowest BCUT2D eigenvalue weighted by Crippen LogP contribution is -2.48. The van der Waals surface area contributed by atoms with Gasteiger partial charge in [0, 0.05) is 11.1 Å². The number of benzene rings is 1. The van der Waals surface area contributed by atoms with E-state index in [0.29, 0.717) is 18.3 Å². The van der Waals surface area contributed by atoms with Gasteiger partial charge < -0.3 is 9.47 Å². The van der Waals surface area contributed by atoms with Gasteiger partial charge in [0.15, 0.2) is 0 Å². The third kappa shape index (κ3) is 4.88. The van der Waals surface area contributed by atoms with Crippen molar-refractivity contribution in [1.29, 1.82) is 0 Å². The molecule has 0 N–H and O–H groups in total. The maximum absolute atomic E-state index is 12.8. The van der Waals surface area contributed by atoms with Crippen LogP contribution in [0.15, 0.2) is 24.3 Å². The lowest BCUT2D eigenvalue weighted by molar-refractivity contribution is -0.153. The molecule has 1 saturated heterocycles. The smallest absolute Gasteiger partial charge is 0.314 e. The van der Waals surface area contributed by atoms with Crippen LogP contribution in [0.3, 0.4) is 0 Å². The van der Waals surface area contributed by atoms with Crippen LogP contribution in [0.5, 0.6) is 5.75 Å². The number of hydrogen-bond acceptors (Lipinski definition) is 5. The Morgan fingerprint density at radius 1 is 1.00 bits per heavy atom. The van der Waals surface area contributed by atoms with Gasteiger partial charge in [-0.2, -0.15) is 0 Å². The molecule has 0 bridgehead atoms. The summed E-state index contributed by atoms with van der Waals surface area (Å²) in [5.74, 6) is 0.520. The average molecular weight is 416 g/mol. The van der Waals surface area contributed by atoms with Gasteiger partial charge in [0.05, 0.1) is 18.4 Å². The van der Waals surface area contributed by atoms with Gasteiger partial charge in [-0.1, -0.05) is 17.7 Å². The number of esters is 2. The minimum atomic E-state index is -0.210. The number of carbonyl (C=O) groups is 2. The predicted octanol–water partition coefficient (Wildman–Crippen LogP) is 4.76. The fourth-order valence-electron chi connectivity index (χ4n) is 4.94. The molecule has 1 aromatic carbocycles. The van der Waals surface area contributed by atoms with Gasteiger partial charge in [-0.3, -0.25) is 14.5 Å². The van der Waals surface area contributed by atoms with Crippen molar-refractivity contribution in [3.8, 4) is 5.75 Å². The van der Waals surface area contributed by atoms with E-state index in [1.807, 2.05) is 31.2 Å². The standard InChI is InChI=1S/C25H37NO4/c1-17-7-13-20(14-8-17)30-22(27)19-11-9-18(10-12-19)16-29-23(28)21-15-24(2,3)26(6)25(21,4)5/h7-8,13-14,18-19,21H,9-12,15-16H2,1-6H3. The van der Waals surface area contributed by atoms with Crippen LogP contribution in [-0.2, 0) is 14.3 Å². The number of rotatable bonds is 5. The van der Waals surface area contributed by atoms with Crippen molar-refractivity contribution in [2.45, 2.75) is 77.8 Å². The third-order valence-corrected chi connectivity index (χ3v) is 7.49. The van der Waals surface area contributed by atoms with Crippen molar-refractivity contribution in [3.05, 3.63) is 29.8 Å². The highest BCUT2D eigenvalue weighted by Crippen LogP contribution is 2.44. The monoisotopic (exact) mass is 415 g/mol. The first-order valence-electron chi connectivity index (χ1n) is 11.2. The molecule has 1 saturated carbocycles. The zero-order chi connectivity index (χ0) is 22.1. The van der Waals surface area contributed by atoms with Crippen LogP contribution < -0.4 is 4.74 Å². The third-order valence-electron chi connectivity index (χ3n) is 7.49. The predicted molar refractivity (Wildman–Crippen MR) is 117 cm³/mol. The first-order chi connectivity index (χ1) is 14.0. The topological polar surface area (TPSA) is 55.8 Å². The van der Waals surface area contributed by atoms with Gasteiger partial charge in [-0.15, -0.1) is 0 Å². The van der Waals surface area contributed by atoms with E-state index in [4.69, 9.17) is 9.47 Å². The Hall–Kier alpha value is -1.88. The number of aryl methyl sites for hydroxylation is 1. The van der Waals surface area contributed by atoms with Crippen molar-refractivity contribution in [3.63, 3.8) is 0 Å². The molecule has 30 heavy (non-hydrogen) atoms. The highest BCUT2D eigenvalue weighted by molar-refractivity contribution is 5.75. The van der Waals surface area contributed by atoms with Crippen molar-refractivity contribution in [2.75, 3.05) is 13.7 Å². The number of carbonyl (C=O) groups excluding carboxylic acids is 2.